The van der Waals surface area contributed by atoms with Gasteiger partial charge in [0, 0.05) is 29.9 Å². The zero-order valence-electron chi connectivity index (χ0n) is 10.7. The molecule has 1 fully saturated rings. The highest BCUT2D eigenvalue weighted by Crippen LogP contribution is 2.21. The highest BCUT2D eigenvalue weighted by atomic mass is 35.5. The van der Waals surface area contributed by atoms with Crippen molar-refractivity contribution in [3.63, 3.8) is 0 Å². The van der Waals surface area contributed by atoms with Crippen LogP contribution in [-0.2, 0) is 11.3 Å². The third-order valence-electron chi connectivity index (χ3n) is 3.19. The monoisotopic (exact) mass is 288 g/mol. The molecule has 1 aromatic heterocycles. The summed E-state index contributed by atoms with van der Waals surface area (Å²) in [6.07, 6.45) is 1.17. The van der Waals surface area contributed by atoms with E-state index in [1.807, 2.05) is 6.07 Å². The average molecular weight is 289 g/mol. The molecule has 0 aliphatic carbocycles. The predicted molar refractivity (Wildman–Crippen MR) is 77.4 cm³/mol. The third-order valence-corrected chi connectivity index (χ3v) is 4.42. The van der Waals surface area contributed by atoms with E-state index in [4.69, 9.17) is 16.3 Å². The summed E-state index contributed by atoms with van der Waals surface area (Å²) in [6.45, 7) is 6.86. The fourth-order valence-corrected chi connectivity index (χ4v) is 3.24. The summed E-state index contributed by atoms with van der Waals surface area (Å²) < 4.78 is 6.41. The molecule has 0 radical (unpaired) electrons. The van der Waals surface area contributed by atoms with E-state index in [-0.39, 0.29) is 0 Å². The van der Waals surface area contributed by atoms with Crippen LogP contribution in [0, 0.1) is 5.92 Å². The van der Waals surface area contributed by atoms with Crippen molar-refractivity contribution in [1.82, 2.24) is 10.6 Å². The Kier molecular flexibility index (Phi) is 5.92. The Bertz CT molecular complexity index is 359. The number of halogens is 1. The number of rotatable bonds is 7. The summed E-state index contributed by atoms with van der Waals surface area (Å²) in [6, 6.07) is 4.54. The standard InChI is InChI=1S/C13H21ClN2OS/c1-2-5-16-12-9-17-8-10(12)6-15-7-11-3-4-13(14)18-11/h3-4,10,12,15-16H,2,5-9H2,1H3. The molecule has 0 amide bonds. The van der Waals surface area contributed by atoms with Gasteiger partial charge >= 0.3 is 0 Å². The topological polar surface area (TPSA) is 33.3 Å². The van der Waals surface area contributed by atoms with Gasteiger partial charge in [-0.05, 0) is 25.1 Å². The van der Waals surface area contributed by atoms with Crippen LogP contribution in [0.3, 0.4) is 0 Å². The Morgan fingerprint density at radius 2 is 2.33 bits per heavy atom. The van der Waals surface area contributed by atoms with Crippen molar-refractivity contribution in [3.05, 3.63) is 21.3 Å². The van der Waals surface area contributed by atoms with Gasteiger partial charge in [0.25, 0.3) is 0 Å². The van der Waals surface area contributed by atoms with Gasteiger partial charge in [-0.25, -0.2) is 0 Å². The number of hydrogen-bond acceptors (Lipinski definition) is 4. The lowest BCUT2D eigenvalue weighted by Crippen LogP contribution is -2.40. The van der Waals surface area contributed by atoms with E-state index in [1.165, 1.54) is 11.3 Å². The number of ether oxygens (including phenoxy) is 1. The molecule has 18 heavy (non-hydrogen) atoms. The SMILES string of the molecule is CCCNC1COCC1CNCc1ccc(Cl)s1. The molecular formula is C13H21ClN2OS. The van der Waals surface area contributed by atoms with Crippen molar-refractivity contribution in [2.24, 2.45) is 5.92 Å². The van der Waals surface area contributed by atoms with E-state index in [0.717, 1.165) is 37.2 Å². The summed E-state index contributed by atoms with van der Waals surface area (Å²) in [5.74, 6) is 0.576. The molecule has 0 saturated carbocycles. The summed E-state index contributed by atoms with van der Waals surface area (Å²) in [4.78, 5) is 1.29. The molecule has 2 atom stereocenters. The molecule has 0 bridgehead atoms. The third kappa shape index (κ3) is 4.21. The van der Waals surface area contributed by atoms with E-state index >= 15 is 0 Å². The maximum absolute atomic E-state index is 5.91. The van der Waals surface area contributed by atoms with E-state index in [9.17, 15) is 0 Å². The van der Waals surface area contributed by atoms with Crippen LogP contribution >= 0.6 is 22.9 Å². The summed E-state index contributed by atoms with van der Waals surface area (Å²) in [5, 5.41) is 7.05. The number of hydrogen-bond donors (Lipinski definition) is 2. The van der Waals surface area contributed by atoms with Crippen LogP contribution in [0.4, 0.5) is 0 Å². The van der Waals surface area contributed by atoms with Crippen molar-refractivity contribution in [2.45, 2.75) is 25.9 Å². The van der Waals surface area contributed by atoms with Crippen LogP contribution in [0.15, 0.2) is 12.1 Å². The first-order valence-corrected chi connectivity index (χ1v) is 7.75. The minimum atomic E-state index is 0.504. The fourth-order valence-electron chi connectivity index (χ4n) is 2.18. The van der Waals surface area contributed by atoms with Crippen molar-refractivity contribution >= 4 is 22.9 Å². The van der Waals surface area contributed by atoms with Crippen LogP contribution in [0.5, 0.6) is 0 Å². The van der Waals surface area contributed by atoms with E-state index in [2.05, 4.69) is 23.6 Å². The molecule has 1 aliphatic heterocycles. The lowest BCUT2D eigenvalue weighted by Gasteiger charge is -2.19. The Balaban J connectivity index is 1.69. The first-order chi connectivity index (χ1) is 8.79. The van der Waals surface area contributed by atoms with Gasteiger partial charge in [-0.1, -0.05) is 18.5 Å². The lowest BCUT2D eigenvalue weighted by molar-refractivity contribution is 0.182. The van der Waals surface area contributed by atoms with Gasteiger partial charge < -0.3 is 15.4 Å². The quantitative estimate of drug-likeness (QED) is 0.809. The highest BCUT2D eigenvalue weighted by molar-refractivity contribution is 7.16. The Labute approximate surface area is 118 Å². The molecule has 2 N–H and O–H groups in total. The minimum absolute atomic E-state index is 0.504. The largest absolute Gasteiger partial charge is 0.379 e. The Hall–Kier alpha value is -0.130. The van der Waals surface area contributed by atoms with Crippen molar-refractivity contribution in [3.8, 4) is 0 Å². The summed E-state index contributed by atoms with van der Waals surface area (Å²) >= 11 is 7.55. The summed E-state index contributed by atoms with van der Waals surface area (Å²) in [5.41, 5.74) is 0. The van der Waals surface area contributed by atoms with Gasteiger partial charge in [0.05, 0.1) is 17.6 Å². The molecule has 0 spiro atoms. The Morgan fingerprint density at radius 1 is 1.44 bits per heavy atom. The van der Waals surface area contributed by atoms with Crippen LogP contribution < -0.4 is 10.6 Å². The Morgan fingerprint density at radius 3 is 3.06 bits per heavy atom. The van der Waals surface area contributed by atoms with Crippen molar-refractivity contribution in [2.75, 3.05) is 26.3 Å². The van der Waals surface area contributed by atoms with E-state index in [0.29, 0.717) is 12.0 Å². The zero-order chi connectivity index (χ0) is 12.8. The maximum atomic E-state index is 5.91. The molecule has 102 valence electrons. The summed E-state index contributed by atoms with van der Waals surface area (Å²) in [7, 11) is 0. The van der Waals surface area contributed by atoms with Crippen LogP contribution in [0.25, 0.3) is 0 Å². The molecule has 1 aromatic rings. The second-order valence-corrected chi connectivity index (χ2v) is 6.49. The van der Waals surface area contributed by atoms with Gasteiger partial charge in [0.15, 0.2) is 0 Å². The van der Waals surface area contributed by atoms with Crippen molar-refractivity contribution < 1.29 is 4.74 Å². The second-order valence-electron chi connectivity index (χ2n) is 4.69. The lowest BCUT2D eigenvalue weighted by atomic mass is 10.0. The fraction of sp³-hybridized carbons (Fsp3) is 0.692. The molecule has 2 heterocycles. The molecule has 2 rings (SSSR count). The smallest absolute Gasteiger partial charge is 0.0931 e. The normalized spacial score (nSPS) is 23.7. The number of thiophene rings is 1. The predicted octanol–water partition coefficient (Wildman–Crippen LogP) is 2.51. The molecule has 2 unspecified atom stereocenters. The zero-order valence-corrected chi connectivity index (χ0v) is 12.3. The van der Waals surface area contributed by atoms with E-state index < -0.39 is 0 Å². The molecule has 3 nitrogen and oxygen atoms in total. The van der Waals surface area contributed by atoms with Gasteiger partial charge in [0.1, 0.15) is 0 Å². The van der Waals surface area contributed by atoms with Gasteiger partial charge in [0.2, 0.25) is 0 Å². The molecular weight excluding hydrogens is 268 g/mol. The van der Waals surface area contributed by atoms with Crippen molar-refractivity contribution in [1.29, 1.82) is 0 Å². The first kappa shape index (κ1) is 14.3. The second kappa shape index (κ2) is 7.46. The molecule has 1 saturated heterocycles. The van der Waals surface area contributed by atoms with E-state index in [1.54, 1.807) is 11.3 Å². The maximum Gasteiger partial charge on any atom is 0.0931 e. The van der Waals surface area contributed by atoms with Crippen LogP contribution in [0.2, 0.25) is 4.34 Å². The molecule has 5 heteroatoms. The van der Waals surface area contributed by atoms with Crippen LogP contribution in [0.1, 0.15) is 18.2 Å². The van der Waals surface area contributed by atoms with Gasteiger partial charge in [-0.3, -0.25) is 0 Å². The average Bonchev–Trinajstić information content (AvgIpc) is 2.96. The van der Waals surface area contributed by atoms with Crippen LogP contribution in [-0.4, -0.2) is 32.3 Å². The highest BCUT2D eigenvalue weighted by Gasteiger charge is 2.26. The molecule has 0 aromatic carbocycles. The molecule has 1 aliphatic rings. The number of nitrogens with one attached hydrogen (secondary N) is 2. The van der Waals surface area contributed by atoms with Gasteiger partial charge in [-0.2, -0.15) is 0 Å². The van der Waals surface area contributed by atoms with Gasteiger partial charge in [-0.15, -0.1) is 11.3 Å². The first-order valence-electron chi connectivity index (χ1n) is 6.55. The minimum Gasteiger partial charge on any atom is -0.379 e.